The summed E-state index contributed by atoms with van der Waals surface area (Å²) in [5.74, 6) is -0.291. The first-order chi connectivity index (χ1) is 8.37. The third-order valence-electron chi connectivity index (χ3n) is 3.00. The fourth-order valence-electron chi connectivity index (χ4n) is 1.93. The van der Waals surface area contributed by atoms with Crippen molar-refractivity contribution in [1.82, 2.24) is 14.6 Å². The molecule has 1 fully saturated rings. The summed E-state index contributed by atoms with van der Waals surface area (Å²) in [7, 11) is -3.69. The molecule has 1 saturated heterocycles. The van der Waals surface area contributed by atoms with Gasteiger partial charge in [-0.3, -0.25) is 9.78 Å². The molecule has 6 nitrogen and oxygen atoms in total. The molecule has 0 saturated carbocycles. The Kier molecular flexibility index (Phi) is 3.12. The summed E-state index contributed by atoms with van der Waals surface area (Å²) < 4.78 is 26.1. The van der Waals surface area contributed by atoms with E-state index in [1.807, 2.05) is 0 Å². The van der Waals surface area contributed by atoms with Gasteiger partial charge in [0.25, 0.3) is 0 Å². The van der Waals surface area contributed by atoms with Crippen LogP contribution in [0.1, 0.15) is 13.8 Å². The highest BCUT2D eigenvalue weighted by Gasteiger charge is 2.44. The molecule has 1 N–H and O–H groups in total. The molecule has 1 aliphatic rings. The summed E-state index contributed by atoms with van der Waals surface area (Å²) in [5, 5.41) is 2.67. The van der Waals surface area contributed by atoms with Crippen LogP contribution in [0, 0.1) is 0 Å². The quantitative estimate of drug-likeness (QED) is 0.818. The molecule has 1 aliphatic heterocycles. The molecule has 1 aromatic heterocycles. The number of sulfonamides is 1. The molecule has 18 heavy (non-hydrogen) atoms. The van der Waals surface area contributed by atoms with Gasteiger partial charge in [0.2, 0.25) is 15.9 Å². The first-order valence-corrected chi connectivity index (χ1v) is 7.02. The van der Waals surface area contributed by atoms with Crippen LogP contribution in [-0.4, -0.2) is 42.2 Å². The molecule has 0 atom stereocenters. The average molecular weight is 269 g/mol. The average Bonchev–Trinajstić information content (AvgIpc) is 2.33. The molecule has 0 radical (unpaired) electrons. The van der Waals surface area contributed by atoms with Gasteiger partial charge in [-0.15, -0.1) is 0 Å². The van der Waals surface area contributed by atoms with E-state index in [1.54, 1.807) is 19.9 Å². The molecule has 2 rings (SSSR count). The van der Waals surface area contributed by atoms with Gasteiger partial charge in [0.05, 0.1) is 0 Å². The summed E-state index contributed by atoms with van der Waals surface area (Å²) in [6.07, 6.45) is 2.80. The molecule has 0 aliphatic carbocycles. The van der Waals surface area contributed by atoms with Crippen molar-refractivity contribution in [2.75, 3.05) is 13.1 Å². The number of carbonyl (C=O) groups excluding carboxylic acids is 1. The van der Waals surface area contributed by atoms with Gasteiger partial charge >= 0.3 is 0 Å². The molecule has 1 aromatic rings. The van der Waals surface area contributed by atoms with Gasteiger partial charge in [0.15, 0.2) is 0 Å². The van der Waals surface area contributed by atoms with Crippen LogP contribution < -0.4 is 5.32 Å². The Balaban J connectivity index is 2.45. The molecule has 1 amide bonds. The maximum Gasteiger partial charge on any atom is 0.245 e. The van der Waals surface area contributed by atoms with E-state index in [2.05, 4.69) is 10.3 Å². The molecular formula is C11H15N3O3S. The molecule has 98 valence electrons. The lowest BCUT2D eigenvalue weighted by molar-refractivity contribution is -0.131. The molecule has 0 aromatic carbocycles. The van der Waals surface area contributed by atoms with Crippen LogP contribution in [0.15, 0.2) is 29.4 Å². The van der Waals surface area contributed by atoms with Crippen LogP contribution in [0.4, 0.5) is 0 Å². The second kappa shape index (κ2) is 4.33. The van der Waals surface area contributed by atoms with Gasteiger partial charge in [-0.25, -0.2) is 8.42 Å². The van der Waals surface area contributed by atoms with E-state index in [4.69, 9.17) is 0 Å². The van der Waals surface area contributed by atoms with E-state index in [0.717, 1.165) is 0 Å². The van der Waals surface area contributed by atoms with Gasteiger partial charge in [-0.1, -0.05) is 0 Å². The van der Waals surface area contributed by atoms with E-state index in [0.29, 0.717) is 6.54 Å². The number of rotatable bonds is 2. The van der Waals surface area contributed by atoms with Crippen molar-refractivity contribution < 1.29 is 13.2 Å². The Morgan fingerprint density at radius 2 is 2.17 bits per heavy atom. The Morgan fingerprint density at radius 3 is 2.78 bits per heavy atom. The fourth-order valence-corrected chi connectivity index (χ4v) is 3.64. The third kappa shape index (κ3) is 1.99. The van der Waals surface area contributed by atoms with Crippen molar-refractivity contribution in [3.8, 4) is 0 Å². The third-order valence-corrected chi connectivity index (χ3v) is 5.06. The Labute approximate surface area is 106 Å². The minimum atomic E-state index is -3.69. The van der Waals surface area contributed by atoms with E-state index in [9.17, 15) is 13.2 Å². The number of carbonyl (C=O) groups is 1. The SMILES string of the molecule is CC1(C)C(=O)NCCN1S(=O)(=O)c1cccnc1. The van der Waals surface area contributed by atoms with Gasteiger partial charge in [0.1, 0.15) is 10.4 Å². The van der Waals surface area contributed by atoms with Crippen molar-refractivity contribution in [2.24, 2.45) is 0 Å². The van der Waals surface area contributed by atoms with Crippen LogP contribution in [-0.2, 0) is 14.8 Å². The van der Waals surface area contributed by atoms with Gasteiger partial charge in [-0.05, 0) is 26.0 Å². The highest BCUT2D eigenvalue weighted by atomic mass is 32.2. The molecule has 0 bridgehead atoms. The molecule has 0 spiro atoms. The maximum absolute atomic E-state index is 12.5. The molecule has 7 heteroatoms. The van der Waals surface area contributed by atoms with Crippen molar-refractivity contribution in [2.45, 2.75) is 24.3 Å². The lowest BCUT2D eigenvalue weighted by atomic mass is 10.0. The summed E-state index contributed by atoms with van der Waals surface area (Å²) >= 11 is 0. The number of hydrogen-bond acceptors (Lipinski definition) is 4. The van der Waals surface area contributed by atoms with Crippen LogP contribution in [0.5, 0.6) is 0 Å². The maximum atomic E-state index is 12.5. The minimum Gasteiger partial charge on any atom is -0.353 e. The fraction of sp³-hybridized carbons (Fsp3) is 0.455. The lowest BCUT2D eigenvalue weighted by Crippen LogP contribution is -2.63. The van der Waals surface area contributed by atoms with E-state index in [-0.39, 0.29) is 17.3 Å². The molecule has 2 heterocycles. The van der Waals surface area contributed by atoms with Crippen LogP contribution in [0.3, 0.4) is 0 Å². The van der Waals surface area contributed by atoms with Crippen LogP contribution in [0.25, 0.3) is 0 Å². The van der Waals surface area contributed by atoms with Crippen LogP contribution in [0.2, 0.25) is 0 Å². The summed E-state index contributed by atoms with van der Waals surface area (Å²) in [6, 6.07) is 3.04. The summed E-state index contributed by atoms with van der Waals surface area (Å²) in [6.45, 7) is 3.77. The largest absolute Gasteiger partial charge is 0.353 e. The van der Waals surface area contributed by atoms with Crippen LogP contribution >= 0.6 is 0 Å². The first-order valence-electron chi connectivity index (χ1n) is 5.58. The normalized spacial score (nSPS) is 20.4. The number of nitrogens with zero attached hydrogens (tertiary/aromatic N) is 2. The Morgan fingerprint density at radius 1 is 1.44 bits per heavy atom. The zero-order chi connectivity index (χ0) is 13.4. The highest BCUT2D eigenvalue weighted by molar-refractivity contribution is 7.89. The number of aromatic nitrogens is 1. The second-order valence-corrected chi connectivity index (χ2v) is 6.44. The minimum absolute atomic E-state index is 0.104. The first kappa shape index (κ1) is 13.0. The number of piperazine rings is 1. The standard InChI is InChI=1S/C11H15N3O3S/c1-11(2)10(15)13-6-7-14(11)18(16,17)9-4-3-5-12-8-9/h3-5,8H,6-7H2,1-2H3,(H,13,15). The van der Waals surface area contributed by atoms with E-state index < -0.39 is 15.6 Å². The zero-order valence-electron chi connectivity index (χ0n) is 10.3. The van der Waals surface area contributed by atoms with Gasteiger partial charge in [-0.2, -0.15) is 4.31 Å². The predicted molar refractivity (Wildman–Crippen MR) is 65.2 cm³/mol. The van der Waals surface area contributed by atoms with Crippen molar-refractivity contribution in [1.29, 1.82) is 0 Å². The topological polar surface area (TPSA) is 79.4 Å². The molecule has 0 unspecified atom stereocenters. The lowest BCUT2D eigenvalue weighted by Gasteiger charge is -2.39. The van der Waals surface area contributed by atoms with Gasteiger partial charge < -0.3 is 5.32 Å². The van der Waals surface area contributed by atoms with E-state index in [1.165, 1.54) is 22.8 Å². The summed E-state index contributed by atoms with van der Waals surface area (Å²) in [4.78, 5) is 15.7. The Bertz CT molecular complexity index is 554. The Hall–Kier alpha value is -1.47. The monoisotopic (exact) mass is 269 g/mol. The molecular weight excluding hydrogens is 254 g/mol. The van der Waals surface area contributed by atoms with Crippen molar-refractivity contribution in [3.05, 3.63) is 24.5 Å². The highest BCUT2D eigenvalue weighted by Crippen LogP contribution is 2.25. The number of amides is 1. The number of pyridine rings is 1. The van der Waals surface area contributed by atoms with Crippen molar-refractivity contribution in [3.63, 3.8) is 0 Å². The number of nitrogens with one attached hydrogen (secondary N) is 1. The predicted octanol–water partition coefficient (Wildman–Crippen LogP) is -0.0193. The van der Waals surface area contributed by atoms with Crippen molar-refractivity contribution >= 4 is 15.9 Å². The van der Waals surface area contributed by atoms with Gasteiger partial charge in [0, 0.05) is 25.5 Å². The smallest absolute Gasteiger partial charge is 0.245 e. The number of hydrogen-bond donors (Lipinski definition) is 1. The van der Waals surface area contributed by atoms with E-state index >= 15 is 0 Å². The second-order valence-electron chi connectivity index (χ2n) is 4.58. The summed E-state index contributed by atoms with van der Waals surface area (Å²) in [5.41, 5.74) is -1.09. The zero-order valence-corrected chi connectivity index (χ0v) is 11.1.